The zero-order valence-corrected chi connectivity index (χ0v) is 12.7. The smallest absolute Gasteiger partial charge is 0.0896 e. The first-order chi connectivity index (χ1) is 10.2. The Balaban J connectivity index is 1.79. The van der Waals surface area contributed by atoms with E-state index in [1.165, 1.54) is 22.4 Å². The van der Waals surface area contributed by atoms with Gasteiger partial charge in [-0.05, 0) is 37.1 Å². The van der Waals surface area contributed by atoms with Crippen molar-refractivity contribution in [1.82, 2.24) is 0 Å². The molecule has 0 aromatic heterocycles. The van der Waals surface area contributed by atoms with Crippen molar-refractivity contribution in [2.24, 2.45) is 5.92 Å². The van der Waals surface area contributed by atoms with Gasteiger partial charge in [0, 0.05) is 28.8 Å². The number of fused-ring (bicyclic) bond motifs is 3. The highest BCUT2D eigenvalue weighted by Gasteiger charge is 2.41. The Kier molecular flexibility index (Phi) is 3.16. The zero-order valence-electron chi connectivity index (χ0n) is 12.0. The Morgan fingerprint density at radius 1 is 1.19 bits per heavy atom. The lowest BCUT2D eigenvalue weighted by atomic mass is 9.80. The first-order valence-corrected chi connectivity index (χ1v) is 7.84. The highest BCUT2D eigenvalue weighted by atomic mass is 35.5. The molecule has 3 unspecified atom stereocenters. The summed E-state index contributed by atoms with van der Waals surface area (Å²) >= 11 is 6.17. The summed E-state index contributed by atoms with van der Waals surface area (Å²) in [6, 6.07) is 15.0. The van der Waals surface area contributed by atoms with Crippen LogP contribution in [0, 0.1) is 12.8 Å². The normalized spacial score (nSPS) is 26.9. The van der Waals surface area contributed by atoms with Crippen molar-refractivity contribution in [3.63, 3.8) is 0 Å². The van der Waals surface area contributed by atoms with Gasteiger partial charge in [0.25, 0.3) is 0 Å². The summed E-state index contributed by atoms with van der Waals surface area (Å²) in [5.74, 6) is 0.470. The maximum absolute atomic E-state index is 6.17. The molecule has 2 heterocycles. The van der Waals surface area contributed by atoms with Crippen molar-refractivity contribution in [2.75, 3.05) is 11.9 Å². The van der Waals surface area contributed by atoms with Gasteiger partial charge in [-0.2, -0.15) is 0 Å². The van der Waals surface area contributed by atoms with E-state index in [0.29, 0.717) is 5.92 Å². The molecule has 21 heavy (non-hydrogen) atoms. The minimum Gasteiger partial charge on any atom is -0.378 e. The Labute approximate surface area is 130 Å². The van der Waals surface area contributed by atoms with Crippen molar-refractivity contribution in [3.05, 3.63) is 64.2 Å². The van der Waals surface area contributed by atoms with Crippen LogP contribution in [0.3, 0.4) is 0 Å². The molecule has 2 aliphatic rings. The molecule has 3 heteroatoms. The molecule has 0 spiro atoms. The number of rotatable bonds is 1. The predicted molar refractivity (Wildman–Crippen MR) is 85.8 cm³/mol. The summed E-state index contributed by atoms with van der Waals surface area (Å²) in [6.07, 6.45) is 1.28. The number of anilines is 1. The molecule has 3 atom stereocenters. The second kappa shape index (κ2) is 5.04. The van der Waals surface area contributed by atoms with Gasteiger partial charge in [0.2, 0.25) is 0 Å². The maximum atomic E-state index is 6.17. The fourth-order valence-electron chi connectivity index (χ4n) is 3.62. The number of nitrogens with one attached hydrogen (secondary N) is 1. The molecule has 0 radical (unpaired) electrons. The number of benzene rings is 2. The lowest BCUT2D eigenvalue weighted by Crippen LogP contribution is -2.29. The van der Waals surface area contributed by atoms with Gasteiger partial charge in [-0.15, -0.1) is 0 Å². The van der Waals surface area contributed by atoms with Crippen LogP contribution < -0.4 is 5.32 Å². The van der Waals surface area contributed by atoms with Crippen molar-refractivity contribution in [1.29, 1.82) is 0 Å². The summed E-state index contributed by atoms with van der Waals surface area (Å²) < 4.78 is 6.05. The average molecular weight is 300 g/mol. The fraction of sp³-hybridized carbons (Fsp3) is 0.333. The lowest BCUT2D eigenvalue weighted by molar-refractivity contribution is 0.0829. The topological polar surface area (TPSA) is 21.3 Å². The van der Waals surface area contributed by atoms with Crippen molar-refractivity contribution in [3.8, 4) is 0 Å². The molecule has 4 rings (SSSR count). The third-order valence-electron chi connectivity index (χ3n) is 4.60. The third-order valence-corrected chi connectivity index (χ3v) is 4.83. The molecule has 0 bridgehead atoms. The summed E-state index contributed by atoms with van der Waals surface area (Å²) in [4.78, 5) is 0. The Bertz CT molecular complexity index is 685. The van der Waals surface area contributed by atoms with E-state index in [1.54, 1.807) is 0 Å². The molecule has 2 aromatic rings. The second-order valence-electron chi connectivity index (χ2n) is 6.01. The van der Waals surface area contributed by atoms with Gasteiger partial charge in [-0.25, -0.2) is 0 Å². The molecule has 0 saturated carbocycles. The van der Waals surface area contributed by atoms with Gasteiger partial charge < -0.3 is 10.1 Å². The molecular weight excluding hydrogens is 282 g/mol. The molecule has 1 fully saturated rings. The van der Waals surface area contributed by atoms with Crippen LogP contribution in [0.5, 0.6) is 0 Å². The standard InChI is InChI=1S/C18H18ClNO/c1-11-5-6-16-15(9-11)18-14(7-8-21-18)17(20-16)12-3-2-4-13(19)10-12/h2-6,9-10,14,17-18,20H,7-8H2,1H3. The SMILES string of the molecule is Cc1ccc2c(c1)C1OCCC1C(c1cccc(Cl)c1)N2. The van der Waals surface area contributed by atoms with Crippen LogP contribution >= 0.6 is 11.6 Å². The Morgan fingerprint density at radius 3 is 2.95 bits per heavy atom. The molecule has 1 N–H and O–H groups in total. The van der Waals surface area contributed by atoms with Crippen LogP contribution in [0.2, 0.25) is 5.02 Å². The summed E-state index contributed by atoms with van der Waals surface area (Å²) in [5, 5.41) is 4.49. The van der Waals surface area contributed by atoms with E-state index in [0.717, 1.165) is 18.1 Å². The highest BCUT2D eigenvalue weighted by Crippen LogP contribution is 2.50. The van der Waals surface area contributed by atoms with E-state index < -0.39 is 0 Å². The van der Waals surface area contributed by atoms with Crippen molar-refractivity contribution < 1.29 is 4.74 Å². The largest absolute Gasteiger partial charge is 0.378 e. The van der Waals surface area contributed by atoms with Gasteiger partial charge >= 0.3 is 0 Å². The minimum absolute atomic E-state index is 0.199. The Morgan fingerprint density at radius 2 is 2.10 bits per heavy atom. The van der Waals surface area contributed by atoms with Gasteiger partial charge in [-0.1, -0.05) is 41.4 Å². The molecule has 0 amide bonds. The van der Waals surface area contributed by atoms with Gasteiger partial charge in [0.1, 0.15) is 0 Å². The lowest BCUT2D eigenvalue weighted by Gasteiger charge is -2.36. The quantitative estimate of drug-likeness (QED) is 0.809. The summed E-state index contributed by atoms with van der Waals surface area (Å²) in [7, 11) is 0. The monoisotopic (exact) mass is 299 g/mol. The van der Waals surface area contributed by atoms with Gasteiger partial charge in [0.15, 0.2) is 0 Å². The summed E-state index contributed by atoms with van der Waals surface area (Å²) in [5.41, 5.74) is 5.02. The van der Waals surface area contributed by atoms with Crippen LogP contribution in [-0.2, 0) is 4.74 Å². The number of ether oxygens (including phenoxy) is 1. The molecule has 0 aliphatic carbocycles. The number of hydrogen-bond donors (Lipinski definition) is 1. The highest BCUT2D eigenvalue weighted by molar-refractivity contribution is 6.30. The third kappa shape index (κ3) is 2.23. The van der Waals surface area contributed by atoms with Crippen LogP contribution in [0.1, 0.15) is 35.3 Å². The van der Waals surface area contributed by atoms with Gasteiger partial charge in [0.05, 0.1) is 12.1 Å². The fourth-order valence-corrected chi connectivity index (χ4v) is 3.82. The van der Waals surface area contributed by atoms with Gasteiger partial charge in [-0.3, -0.25) is 0 Å². The van der Waals surface area contributed by atoms with Crippen molar-refractivity contribution in [2.45, 2.75) is 25.5 Å². The van der Waals surface area contributed by atoms with E-state index in [4.69, 9.17) is 16.3 Å². The van der Waals surface area contributed by atoms with Crippen LogP contribution in [0.4, 0.5) is 5.69 Å². The number of aryl methyl sites for hydroxylation is 1. The van der Waals surface area contributed by atoms with E-state index in [2.05, 4.69) is 42.6 Å². The Hall–Kier alpha value is -1.51. The first-order valence-electron chi connectivity index (χ1n) is 7.46. The van der Waals surface area contributed by atoms with E-state index in [1.807, 2.05) is 12.1 Å². The molecule has 2 aromatic carbocycles. The van der Waals surface area contributed by atoms with E-state index in [-0.39, 0.29) is 12.1 Å². The predicted octanol–water partition coefficient (Wildman–Crippen LogP) is 4.89. The first kappa shape index (κ1) is 13.2. The minimum atomic E-state index is 0.199. The van der Waals surface area contributed by atoms with E-state index in [9.17, 15) is 0 Å². The van der Waals surface area contributed by atoms with E-state index >= 15 is 0 Å². The van der Waals surface area contributed by atoms with Crippen molar-refractivity contribution >= 4 is 17.3 Å². The molecule has 108 valence electrons. The number of hydrogen-bond acceptors (Lipinski definition) is 2. The van der Waals surface area contributed by atoms with Crippen LogP contribution in [0.25, 0.3) is 0 Å². The summed E-state index contributed by atoms with van der Waals surface area (Å²) in [6.45, 7) is 2.97. The second-order valence-corrected chi connectivity index (χ2v) is 6.45. The number of halogens is 1. The average Bonchev–Trinajstić information content (AvgIpc) is 2.96. The van der Waals surface area contributed by atoms with Crippen LogP contribution in [0.15, 0.2) is 42.5 Å². The maximum Gasteiger partial charge on any atom is 0.0896 e. The van der Waals surface area contributed by atoms with Crippen LogP contribution in [-0.4, -0.2) is 6.61 Å². The molecule has 2 nitrogen and oxygen atoms in total. The molecule has 1 saturated heterocycles. The zero-order chi connectivity index (χ0) is 14.4. The molecular formula is C18H18ClNO. The molecule has 2 aliphatic heterocycles.